The maximum Gasteiger partial charge on any atom is 0.257 e. The van der Waals surface area contributed by atoms with E-state index >= 15 is 0 Å². The standard InChI is InChI=1S/C21H24N6O2/c1-14-12-23-19(13-22-14)25-15-6-3-7-16(15)26-21(28)20-17(27-11-5-10-24-27)8-4-9-18(20)29-2/h4-5,8-13,15-16H,3,6-7H2,1-2H3,(H,23,25)(H,26,28)/t15-,16-/m0/s1. The predicted octanol–water partition coefficient (Wildman–Crippen LogP) is 2.74. The van der Waals surface area contributed by atoms with E-state index in [1.54, 1.807) is 36.4 Å². The molecule has 2 aromatic heterocycles. The zero-order valence-electron chi connectivity index (χ0n) is 16.5. The van der Waals surface area contributed by atoms with Crippen molar-refractivity contribution in [1.82, 2.24) is 25.1 Å². The largest absolute Gasteiger partial charge is 0.496 e. The van der Waals surface area contributed by atoms with E-state index in [4.69, 9.17) is 4.74 Å². The summed E-state index contributed by atoms with van der Waals surface area (Å²) in [6, 6.07) is 7.40. The molecule has 1 fully saturated rings. The highest BCUT2D eigenvalue weighted by atomic mass is 16.5. The van der Waals surface area contributed by atoms with Gasteiger partial charge in [0, 0.05) is 24.5 Å². The van der Waals surface area contributed by atoms with Crippen LogP contribution in [0.5, 0.6) is 5.75 Å². The maximum absolute atomic E-state index is 13.3. The summed E-state index contributed by atoms with van der Waals surface area (Å²) in [6.45, 7) is 1.90. The molecule has 150 valence electrons. The van der Waals surface area contributed by atoms with Crippen molar-refractivity contribution in [2.75, 3.05) is 12.4 Å². The number of nitrogens with zero attached hydrogens (tertiary/aromatic N) is 4. The SMILES string of the molecule is COc1cccc(-n2cccn2)c1C(=O)N[C@H]1CCC[C@@H]1Nc1cnc(C)cn1. The van der Waals surface area contributed by atoms with E-state index in [0.29, 0.717) is 17.0 Å². The number of rotatable bonds is 6. The number of methoxy groups -OCH3 is 1. The van der Waals surface area contributed by atoms with Crippen molar-refractivity contribution in [1.29, 1.82) is 0 Å². The molecule has 0 bridgehead atoms. The summed E-state index contributed by atoms with van der Waals surface area (Å²) in [7, 11) is 1.56. The summed E-state index contributed by atoms with van der Waals surface area (Å²) in [5.74, 6) is 1.06. The molecule has 2 N–H and O–H groups in total. The topological polar surface area (TPSA) is 94.0 Å². The molecule has 8 nitrogen and oxygen atoms in total. The Bertz CT molecular complexity index is 971. The lowest BCUT2D eigenvalue weighted by molar-refractivity contribution is 0.0932. The second-order valence-electron chi connectivity index (χ2n) is 7.11. The Morgan fingerprint density at radius 3 is 2.76 bits per heavy atom. The molecule has 0 saturated heterocycles. The first kappa shape index (κ1) is 18.9. The molecule has 0 aliphatic heterocycles. The lowest BCUT2D eigenvalue weighted by atomic mass is 10.1. The van der Waals surface area contributed by atoms with Gasteiger partial charge in [0.05, 0.1) is 30.9 Å². The number of aryl methyl sites for hydroxylation is 1. The molecule has 1 aliphatic rings. The number of hydrogen-bond acceptors (Lipinski definition) is 6. The van der Waals surface area contributed by atoms with Crippen LogP contribution < -0.4 is 15.4 Å². The molecule has 1 saturated carbocycles. The number of amides is 1. The van der Waals surface area contributed by atoms with E-state index in [1.807, 2.05) is 31.3 Å². The van der Waals surface area contributed by atoms with Gasteiger partial charge in [-0.15, -0.1) is 0 Å². The minimum atomic E-state index is -0.179. The van der Waals surface area contributed by atoms with Crippen LogP contribution in [0.3, 0.4) is 0 Å². The van der Waals surface area contributed by atoms with Gasteiger partial charge in [0.15, 0.2) is 0 Å². The van der Waals surface area contributed by atoms with Gasteiger partial charge in [-0.25, -0.2) is 9.67 Å². The number of nitrogens with one attached hydrogen (secondary N) is 2. The van der Waals surface area contributed by atoms with Crippen molar-refractivity contribution in [3.05, 3.63) is 60.3 Å². The molecule has 1 aromatic carbocycles. The van der Waals surface area contributed by atoms with Crippen LogP contribution in [0.1, 0.15) is 35.3 Å². The molecular weight excluding hydrogens is 368 g/mol. The zero-order chi connectivity index (χ0) is 20.2. The van der Waals surface area contributed by atoms with E-state index < -0.39 is 0 Å². The lowest BCUT2D eigenvalue weighted by Crippen LogP contribution is -2.43. The number of hydrogen-bond donors (Lipinski definition) is 2. The van der Waals surface area contributed by atoms with Crippen LogP contribution in [0.2, 0.25) is 0 Å². The molecule has 0 spiro atoms. The minimum Gasteiger partial charge on any atom is -0.496 e. The number of ether oxygens (including phenoxy) is 1. The minimum absolute atomic E-state index is 0.0130. The van der Waals surface area contributed by atoms with Gasteiger partial charge in [-0.1, -0.05) is 6.07 Å². The number of benzene rings is 1. The molecule has 8 heteroatoms. The summed E-state index contributed by atoms with van der Waals surface area (Å²) < 4.78 is 7.14. The van der Waals surface area contributed by atoms with E-state index in [-0.39, 0.29) is 18.0 Å². The van der Waals surface area contributed by atoms with Gasteiger partial charge in [0.1, 0.15) is 17.1 Å². The molecule has 2 atom stereocenters. The summed E-state index contributed by atoms with van der Waals surface area (Å²) in [6.07, 6.45) is 9.83. The maximum atomic E-state index is 13.3. The summed E-state index contributed by atoms with van der Waals surface area (Å²) in [5, 5.41) is 10.9. The van der Waals surface area contributed by atoms with Crippen molar-refractivity contribution in [2.45, 2.75) is 38.3 Å². The fraction of sp³-hybridized carbons (Fsp3) is 0.333. The van der Waals surface area contributed by atoms with E-state index in [1.165, 1.54) is 0 Å². The van der Waals surface area contributed by atoms with Crippen LogP contribution in [0.4, 0.5) is 5.82 Å². The van der Waals surface area contributed by atoms with E-state index in [2.05, 4.69) is 25.7 Å². The quantitative estimate of drug-likeness (QED) is 0.670. The van der Waals surface area contributed by atoms with Crippen LogP contribution in [-0.4, -0.2) is 44.8 Å². The fourth-order valence-electron chi connectivity index (χ4n) is 3.72. The Balaban J connectivity index is 1.55. The first-order valence-electron chi connectivity index (χ1n) is 9.69. The number of carbonyl (C=O) groups is 1. The smallest absolute Gasteiger partial charge is 0.257 e. The van der Waals surface area contributed by atoms with Crippen molar-refractivity contribution in [2.24, 2.45) is 0 Å². The van der Waals surface area contributed by atoms with Crippen molar-refractivity contribution in [3.8, 4) is 11.4 Å². The van der Waals surface area contributed by atoms with Crippen LogP contribution in [-0.2, 0) is 0 Å². The van der Waals surface area contributed by atoms with Gasteiger partial charge in [-0.05, 0) is 44.4 Å². The van der Waals surface area contributed by atoms with Gasteiger partial charge in [0.2, 0.25) is 0 Å². The van der Waals surface area contributed by atoms with Crippen molar-refractivity contribution >= 4 is 11.7 Å². The number of aromatic nitrogens is 4. The highest BCUT2D eigenvalue weighted by Gasteiger charge is 2.30. The van der Waals surface area contributed by atoms with Gasteiger partial charge >= 0.3 is 0 Å². The predicted molar refractivity (Wildman–Crippen MR) is 109 cm³/mol. The van der Waals surface area contributed by atoms with Crippen molar-refractivity contribution < 1.29 is 9.53 Å². The Hall–Kier alpha value is -3.42. The molecule has 0 unspecified atom stereocenters. The zero-order valence-corrected chi connectivity index (χ0v) is 16.5. The highest BCUT2D eigenvalue weighted by Crippen LogP contribution is 2.27. The van der Waals surface area contributed by atoms with Crippen LogP contribution in [0, 0.1) is 6.92 Å². The molecule has 2 heterocycles. The van der Waals surface area contributed by atoms with Gasteiger partial charge in [-0.2, -0.15) is 5.10 Å². The third-order valence-corrected chi connectivity index (χ3v) is 5.15. The summed E-state index contributed by atoms with van der Waals surface area (Å²) >= 11 is 0. The van der Waals surface area contributed by atoms with E-state index in [9.17, 15) is 4.79 Å². The normalized spacial score (nSPS) is 18.4. The molecule has 1 amide bonds. The first-order chi connectivity index (χ1) is 14.2. The molecule has 3 aromatic rings. The van der Waals surface area contributed by atoms with Crippen LogP contribution in [0.15, 0.2) is 49.1 Å². The average Bonchev–Trinajstić information content (AvgIpc) is 3.41. The third-order valence-electron chi connectivity index (χ3n) is 5.15. The second-order valence-corrected chi connectivity index (χ2v) is 7.11. The Morgan fingerprint density at radius 2 is 2.03 bits per heavy atom. The first-order valence-corrected chi connectivity index (χ1v) is 9.69. The van der Waals surface area contributed by atoms with E-state index in [0.717, 1.165) is 30.8 Å². The van der Waals surface area contributed by atoms with Crippen LogP contribution >= 0.6 is 0 Å². The molecule has 0 radical (unpaired) electrons. The summed E-state index contributed by atoms with van der Waals surface area (Å²) in [5.41, 5.74) is 2.02. The van der Waals surface area contributed by atoms with Crippen LogP contribution in [0.25, 0.3) is 5.69 Å². The van der Waals surface area contributed by atoms with Gasteiger partial charge in [0.25, 0.3) is 5.91 Å². The summed E-state index contributed by atoms with van der Waals surface area (Å²) in [4.78, 5) is 21.9. The van der Waals surface area contributed by atoms with Gasteiger partial charge < -0.3 is 15.4 Å². The highest BCUT2D eigenvalue weighted by molar-refractivity contribution is 6.00. The average molecular weight is 392 g/mol. The monoisotopic (exact) mass is 392 g/mol. The Labute approximate surface area is 169 Å². The van der Waals surface area contributed by atoms with Gasteiger partial charge in [-0.3, -0.25) is 9.78 Å². The Morgan fingerprint density at radius 1 is 1.17 bits per heavy atom. The number of anilines is 1. The fourth-order valence-corrected chi connectivity index (χ4v) is 3.72. The van der Waals surface area contributed by atoms with Crippen molar-refractivity contribution in [3.63, 3.8) is 0 Å². The lowest BCUT2D eigenvalue weighted by Gasteiger charge is -2.23. The second kappa shape index (κ2) is 8.30. The molecular formula is C21H24N6O2. The molecule has 29 heavy (non-hydrogen) atoms. The molecule has 4 rings (SSSR count). The third kappa shape index (κ3) is 4.06. The number of carbonyl (C=O) groups excluding carboxylic acids is 1. The Kier molecular flexibility index (Phi) is 5.41. The molecule has 1 aliphatic carbocycles.